The maximum atomic E-state index is 5.82. The highest BCUT2D eigenvalue weighted by Crippen LogP contribution is 2.25. The summed E-state index contributed by atoms with van der Waals surface area (Å²) in [4.78, 5) is 6.81. The van der Waals surface area contributed by atoms with Gasteiger partial charge >= 0.3 is 0 Å². The Balaban J connectivity index is 1.87. The lowest BCUT2D eigenvalue weighted by molar-refractivity contribution is 0.508. The number of benzene rings is 1. The average molecular weight is 245 g/mol. The molecule has 0 saturated carbocycles. The molecule has 18 heavy (non-hydrogen) atoms. The first-order valence-corrected chi connectivity index (χ1v) is 6.74. The van der Waals surface area contributed by atoms with Crippen LogP contribution in [0.4, 0.5) is 11.7 Å². The summed E-state index contributed by atoms with van der Waals surface area (Å²) in [5.41, 5.74) is 8.15. The molecule has 0 radical (unpaired) electrons. The molecule has 2 heterocycles. The van der Waals surface area contributed by atoms with Crippen LogP contribution in [0.2, 0.25) is 0 Å². The van der Waals surface area contributed by atoms with E-state index in [4.69, 9.17) is 10.2 Å². The molecule has 4 heteroatoms. The summed E-state index contributed by atoms with van der Waals surface area (Å²) in [5.74, 6) is 0. The molecular formula is C14H19N3O. The van der Waals surface area contributed by atoms with Gasteiger partial charge in [-0.25, -0.2) is 0 Å². The zero-order valence-corrected chi connectivity index (χ0v) is 10.6. The smallest absolute Gasteiger partial charge is 0.298 e. The van der Waals surface area contributed by atoms with Crippen LogP contribution in [-0.4, -0.2) is 18.1 Å². The first-order valence-electron chi connectivity index (χ1n) is 6.74. The van der Waals surface area contributed by atoms with E-state index >= 15 is 0 Å². The second-order valence-electron chi connectivity index (χ2n) is 4.98. The van der Waals surface area contributed by atoms with Crippen molar-refractivity contribution in [1.82, 2.24) is 4.98 Å². The van der Waals surface area contributed by atoms with E-state index in [0.29, 0.717) is 0 Å². The molecule has 0 spiro atoms. The van der Waals surface area contributed by atoms with Gasteiger partial charge in [0.15, 0.2) is 5.58 Å². The molecule has 1 fully saturated rings. The largest absolute Gasteiger partial charge is 0.423 e. The van der Waals surface area contributed by atoms with Crippen molar-refractivity contribution in [2.24, 2.45) is 0 Å². The van der Waals surface area contributed by atoms with E-state index in [2.05, 4.69) is 9.88 Å². The van der Waals surface area contributed by atoms with Crippen molar-refractivity contribution >= 4 is 22.8 Å². The molecular weight excluding hydrogens is 226 g/mol. The van der Waals surface area contributed by atoms with Crippen LogP contribution in [0.15, 0.2) is 22.6 Å². The van der Waals surface area contributed by atoms with E-state index in [1.54, 1.807) is 0 Å². The fourth-order valence-electron chi connectivity index (χ4n) is 2.50. The summed E-state index contributed by atoms with van der Waals surface area (Å²) in [6.45, 7) is 2.09. The summed E-state index contributed by atoms with van der Waals surface area (Å²) >= 11 is 0. The highest BCUT2D eigenvalue weighted by atomic mass is 16.4. The Labute approximate surface area is 107 Å². The van der Waals surface area contributed by atoms with E-state index in [9.17, 15) is 0 Å². The summed E-state index contributed by atoms with van der Waals surface area (Å²) < 4.78 is 5.82. The molecule has 0 atom stereocenters. The Kier molecular flexibility index (Phi) is 3.09. The summed E-state index contributed by atoms with van der Waals surface area (Å²) in [5, 5.41) is 0. The molecule has 96 valence electrons. The molecule has 0 amide bonds. The molecule has 3 rings (SSSR count). The van der Waals surface area contributed by atoms with E-state index in [1.165, 1.54) is 32.1 Å². The number of nitrogens with zero attached hydrogens (tertiary/aromatic N) is 2. The average Bonchev–Trinajstić information content (AvgIpc) is 2.71. The molecule has 1 aromatic heterocycles. The number of fused-ring (bicyclic) bond motifs is 1. The minimum atomic E-state index is 0.720. The summed E-state index contributed by atoms with van der Waals surface area (Å²) in [6.07, 6.45) is 6.42. The third-order valence-corrected chi connectivity index (χ3v) is 3.53. The first kappa shape index (κ1) is 11.4. The van der Waals surface area contributed by atoms with Gasteiger partial charge in [-0.2, -0.15) is 4.98 Å². The lowest BCUT2D eigenvalue weighted by Gasteiger charge is -2.22. The molecule has 1 aliphatic rings. The molecule has 2 aromatic rings. The fourth-order valence-corrected chi connectivity index (χ4v) is 2.50. The number of hydrogen-bond acceptors (Lipinski definition) is 4. The third kappa shape index (κ3) is 2.28. The van der Waals surface area contributed by atoms with Crippen molar-refractivity contribution in [2.75, 3.05) is 23.7 Å². The quantitative estimate of drug-likeness (QED) is 0.784. The predicted molar refractivity (Wildman–Crippen MR) is 73.7 cm³/mol. The molecule has 0 bridgehead atoms. The molecule has 1 saturated heterocycles. The monoisotopic (exact) mass is 245 g/mol. The number of nitrogen functional groups attached to an aromatic ring is 1. The Hall–Kier alpha value is -1.71. The Morgan fingerprint density at radius 1 is 1.06 bits per heavy atom. The number of rotatable bonds is 1. The van der Waals surface area contributed by atoms with E-state index in [-0.39, 0.29) is 0 Å². The van der Waals surface area contributed by atoms with Crippen LogP contribution in [0.1, 0.15) is 32.1 Å². The Bertz CT molecular complexity index is 527. The van der Waals surface area contributed by atoms with Gasteiger partial charge in [-0.1, -0.05) is 19.3 Å². The SMILES string of the molecule is Nc1ccc2nc(N3CCCCCCC3)oc2c1. The van der Waals surface area contributed by atoms with Gasteiger partial charge in [0.1, 0.15) is 5.52 Å². The standard InChI is InChI=1S/C14H19N3O/c15-11-6-7-12-13(10-11)18-14(16-12)17-8-4-2-1-3-5-9-17/h6-7,10H,1-5,8-9,15H2. The number of anilines is 2. The summed E-state index contributed by atoms with van der Waals surface area (Å²) in [6, 6.07) is 6.37. The normalized spacial score (nSPS) is 17.7. The zero-order chi connectivity index (χ0) is 12.4. The lowest BCUT2D eigenvalue weighted by Crippen LogP contribution is -2.27. The van der Waals surface area contributed by atoms with Crippen molar-refractivity contribution in [2.45, 2.75) is 32.1 Å². The van der Waals surface area contributed by atoms with Crippen LogP contribution in [0.25, 0.3) is 11.1 Å². The number of aromatic nitrogens is 1. The molecule has 1 aliphatic heterocycles. The van der Waals surface area contributed by atoms with Gasteiger partial charge in [0, 0.05) is 24.8 Å². The van der Waals surface area contributed by atoms with Gasteiger partial charge in [-0.05, 0) is 25.0 Å². The van der Waals surface area contributed by atoms with Gasteiger partial charge in [0.2, 0.25) is 0 Å². The van der Waals surface area contributed by atoms with Crippen molar-refractivity contribution in [3.63, 3.8) is 0 Å². The maximum absolute atomic E-state index is 5.82. The minimum absolute atomic E-state index is 0.720. The van der Waals surface area contributed by atoms with Crippen molar-refractivity contribution in [1.29, 1.82) is 0 Å². The van der Waals surface area contributed by atoms with Crippen LogP contribution in [0.3, 0.4) is 0 Å². The van der Waals surface area contributed by atoms with Crippen LogP contribution in [0.5, 0.6) is 0 Å². The van der Waals surface area contributed by atoms with Gasteiger partial charge in [-0.3, -0.25) is 0 Å². The van der Waals surface area contributed by atoms with Crippen molar-refractivity contribution in [3.8, 4) is 0 Å². The Morgan fingerprint density at radius 2 is 1.78 bits per heavy atom. The van der Waals surface area contributed by atoms with Crippen molar-refractivity contribution < 1.29 is 4.42 Å². The predicted octanol–water partition coefficient (Wildman–Crippen LogP) is 3.18. The topological polar surface area (TPSA) is 55.3 Å². The number of oxazole rings is 1. The van der Waals surface area contributed by atoms with Crippen molar-refractivity contribution in [3.05, 3.63) is 18.2 Å². The second-order valence-corrected chi connectivity index (χ2v) is 4.98. The Morgan fingerprint density at radius 3 is 2.56 bits per heavy atom. The zero-order valence-electron chi connectivity index (χ0n) is 10.6. The molecule has 4 nitrogen and oxygen atoms in total. The third-order valence-electron chi connectivity index (χ3n) is 3.53. The molecule has 0 unspecified atom stereocenters. The van der Waals surface area contributed by atoms with Gasteiger partial charge in [-0.15, -0.1) is 0 Å². The van der Waals surface area contributed by atoms with Gasteiger partial charge in [0.05, 0.1) is 0 Å². The van der Waals surface area contributed by atoms with Crippen LogP contribution >= 0.6 is 0 Å². The van der Waals surface area contributed by atoms with E-state index < -0.39 is 0 Å². The van der Waals surface area contributed by atoms with Gasteiger partial charge in [0.25, 0.3) is 6.01 Å². The van der Waals surface area contributed by atoms with Crippen LogP contribution in [-0.2, 0) is 0 Å². The highest BCUT2D eigenvalue weighted by molar-refractivity contribution is 5.78. The summed E-state index contributed by atoms with van der Waals surface area (Å²) in [7, 11) is 0. The fraction of sp³-hybridized carbons (Fsp3) is 0.500. The minimum Gasteiger partial charge on any atom is -0.423 e. The molecule has 1 aromatic carbocycles. The number of nitrogens with two attached hydrogens (primary N) is 1. The lowest BCUT2D eigenvalue weighted by atomic mass is 10.1. The number of hydrogen-bond donors (Lipinski definition) is 1. The van der Waals surface area contributed by atoms with Crippen LogP contribution < -0.4 is 10.6 Å². The van der Waals surface area contributed by atoms with E-state index in [0.717, 1.165) is 35.9 Å². The molecule has 2 N–H and O–H groups in total. The van der Waals surface area contributed by atoms with Crippen LogP contribution in [0, 0.1) is 0 Å². The van der Waals surface area contributed by atoms with Gasteiger partial charge < -0.3 is 15.1 Å². The maximum Gasteiger partial charge on any atom is 0.298 e. The molecule has 0 aliphatic carbocycles. The second kappa shape index (κ2) is 4.88. The van der Waals surface area contributed by atoms with E-state index in [1.807, 2.05) is 18.2 Å². The first-order chi connectivity index (χ1) is 8.83. The highest BCUT2D eigenvalue weighted by Gasteiger charge is 2.15.